The first kappa shape index (κ1) is 20.8. The predicted octanol–water partition coefficient (Wildman–Crippen LogP) is 2.83. The van der Waals surface area contributed by atoms with Crippen LogP contribution in [-0.4, -0.2) is 42.4 Å². The molecule has 2 aromatic heterocycles. The fourth-order valence-corrected chi connectivity index (χ4v) is 3.02. The number of hydrogen-bond acceptors (Lipinski definition) is 5. The van der Waals surface area contributed by atoms with Crippen LogP contribution in [0.25, 0.3) is 0 Å². The topological polar surface area (TPSA) is 87.7 Å². The molecule has 7 nitrogen and oxygen atoms in total. The maximum atomic E-state index is 12.8. The van der Waals surface area contributed by atoms with E-state index >= 15 is 0 Å². The number of carbonyl (C=O) groups is 2. The zero-order chi connectivity index (χ0) is 19.8. The summed E-state index contributed by atoms with van der Waals surface area (Å²) < 4.78 is 10.7. The molecule has 2 aromatic rings. The Bertz CT molecular complexity index is 691. The van der Waals surface area contributed by atoms with Gasteiger partial charge in [-0.3, -0.25) is 14.5 Å². The van der Waals surface area contributed by atoms with Crippen molar-refractivity contribution in [2.45, 2.75) is 39.8 Å². The van der Waals surface area contributed by atoms with Crippen LogP contribution in [0.5, 0.6) is 0 Å². The normalized spacial score (nSPS) is 13.6. The molecule has 27 heavy (non-hydrogen) atoms. The third-order valence-electron chi connectivity index (χ3n) is 4.58. The number of carbonyl (C=O) groups excluding carboxylic acids is 2. The average molecular weight is 375 g/mol. The average Bonchev–Trinajstić information content (AvgIpc) is 3.36. The Morgan fingerprint density at radius 2 is 1.74 bits per heavy atom. The summed E-state index contributed by atoms with van der Waals surface area (Å²) in [6, 6.07) is 6.24. The van der Waals surface area contributed by atoms with Crippen LogP contribution in [-0.2, 0) is 4.79 Å². The van der Waals surface area contributed by atoms with Crippen LogP contribution >= 0.6 is 0 Å². The van der Waals surface area contributed by atoms with Crippen molar-refractivity contribution in [1.82, 2.24) is 15.5 Å². The summed E-state index contributed by atoms with van der Waals surface area (Å²) in [4.78, 5) is 27.2. The highest BCUT2D eigenvalue weighted by atomic mass is 16.3. The van der Waals surface area contributed by atoms with Gasteiger partial charge in [0.25, 0.3) is 5.91 Å². The maximum Gasteiger partial charge on any atom is 0.287 e. The van der Waals surface area contributed by atoms with Gasteiger partial charge in [-0.2, -0.15) is 0 Å². The molecule has 0 fully saturated rings. The fraction of sp³-hybridized carbons (Fsp3) is 0.500. The highest BCUT2D eigenvalue weighted by Crippen LogP contribution is 2.20. The second kappa shape index (κ2) is 9.97. The Hall–Kier alpha value is -2.54. The summed E-state index contributed by atoms with van der Waals surface area (Å²) in [6.07, 6.45) is 3.06. The van der Waals surface area contributed by atoms with E-state index in [-0.39, 0.29) is 23.6 Å². The quantitative estimate of drug-likeness (QED) is 0.667. The molecule has 2 atom stereocenters. The molecule has 148 valence electrons. The number of nitrogens with one attached hydrogen (secondary N) is 2. The van der Waals surface area contributed by atoms with Crippen molar-refractivity contribution in [3.05, 3.63) is 48.3 Å². The molecule has 0 aliphatic heterocycles. The molecule has 0 aliphatic carbocycles. The highest BCUT2D eigenvalue weighted by Gasteiger charge is 2.27. The van der Waals surface area contributed by atoms with Crippen molar-refractivity contribution in [3.63, 3.8) is 0 Å². The van der Waals surface area contributed by atoms with Gasteiger partial charge in [-0.1, -0.05) is 27.7 Å². The van der Waals surface area contributed by atoms with Gasteiger partial charge in [0.15, 0.2) is 5.76 Å². The van der Waals surface area contributed by atoms with E-state index in [1.165, 1.54) is 6.26 Å². The van der Waals surface area contributed by atoms with Crippen LogP contribution in [0.2, 0.25) is 0 Å². The van der Waals surface area contributed by atoms with Crippen molar-refractivity contribution in [1.29, 1.82) is 0 Å². The van der Waals surface area contributed by atoms with E-state index in [4.69, 9.17) is 8.83 Å². The zero-order valence-corrected chi connectivity index (χ0v) is 16.4. The molecule has 2 rings (SSSR count). The van der Waals surface area contributed by atoms with Gasteiger partial charge in [0.1, 0.15) is 11.8 Å². The minimum atomic E-state index is -0.656. The lowest BCUT2D eigenvalue weighted by Crippen LogP contribution is -2.51. The standard InChI is InChI=1S/C20H29N3O4/c1-5-23(6-2)15(16-9-7-11-26-16)13-21-20(25)18(14(3)4)22-19(24)17-10-8-12-27-17/h7-12,14-15,18H,5-6,13H2,1-4H3,(H,21,25)(H,22,24)/t15-,18-/m0/s1. The van der Waals surface area contributed by atoms with Crippen LogP contribution in [0, 0.1) is 5.92 Å². The molecule has 0 aromatic carbocycles. The van der Waals surface area contributed by atoms with Crippen molar-refractivity contribution in [2.75, 3.05) is 19.6 Å². The number of nitrogens with zero attached hydrogens (tertiary/aromatic N) is 1. The van der Waals surface area contributed by atoms with Gasteiger partial charge in [-0.05, 0) is 43.3 Å². The Labute approximate surface area is 160 Å². The molecule has 0 radical (unpaired) electrons. The van der Waals surface area contributed by atoms with Crippen molar-refractivity contribution >= 4 is 11.8 Å². The Kier molecular flexibility index (Phi) is 7.67. The molecule has 0 spiro atoms. The molecule has 2 N–H and O–H groups in total. The summed E-state index contributed by atoms with van der Waals surface area (Å²) in [5.74, 6) is 0.290. The van der Waals surface area contributed by atoms with E-state index in [1.807, 2.05) is 26.0 Å². The van der Waals surface area contributed by atoms with Gasteiger partial charge < -0.3 is 19.5 Å². The third kappa shape index (κ3) is 5.47. The first-order valence-electron chi connectivity index (χ1n) is 9.37. The van der Waals surface area contributed by atoms with Gasteiger partial charge in [0, 0.05) is 6.54 Å². The Balaban J connectivity index is 2.03. The van der Waals surface area contributed by atoms with Crippen LogP contribution in [0.4, 0.5) is 0 Å². The van der Waals surface area contributed by atoms with E-state index in [9.17, 15) is 9.59 Å². The SMILES string of the molecule is CCN(CC)[C@@H](CNC(=O)[C@@H](NC(=O)c1ccco1)C(C)C)c1ccco1. The van der Waals surface area contributed by atoms with Gasteiger partial charge in [0.05, 0.1) is 18.6 Å². The van der Waals surface area contributed by atoms with Crippen molar-refractivity contribution < 1.29 is 18.4 Å². The number of furan rings is 2. The number of rotatable bonds is 10. The van der Waals surface area contributed by atoms with Crippen LogP contribution in [0.3, 0.4) is 0 Å². The second-order valence-electron chi connectivity index (χ2n) is 6.67. The maximum absolute atomic E-state index is 12.8. The molecule has 7 heteroatoms. The van der Waals surface area contributed by atoms with Crippen LogP contribution in [0.1, 0.15) is 50.1 Å². The number of likely N-dealkylation sites (N-methyl/N-ethyl adjacent to an activating group) is 1. The molecule has 0 saturated carbocycles. The van der Waals surface area contributed by atoms with Crippen molar-refractivity contribution in [2.24, 2.45) is 5.92 Å². The Morgan fingerprint density at radius 1 is 1.07 bits per heavy atom. The van der Waals surface area contributed by atoms with Crippen LogP contribution in [0.15, 0.2) is 45.6 Å². The monoisotopic (exact) mass is 375 g/mol. The van der Waals surface area contributed by atoms with Gasteiger partial charge in [0.2, 0.25) is 5.91 Å². The van der Waals surface area contributed by atoms with Gasteiger partial charge in [-0.15, -0.1) is 0 Å². The lowest BCUT2D eigenvalue weighted by atomic mass is 10.0. The molecule has 0 unspecified atom stereocenters. The first-order chi connectivity index (χ1) is 13.0. The van der Waals surface area contributed by atoms with Crippen molar-refractivity contribution in [3.8, 4) is 0 Å². The summed E-state index contributed by atoms with van der Waals surface area (Å²) >= 11 is 0. The molecule has 0 saturated heterocycles. The fourth-order valence-electron chi connectivity index (χ4n) is 3.02. The molecular formula is C20H29N3O4. The molecule has 2 amide bonds. The van der Waals surface area contributed by atoms with E-state index in [0.29, 0.717) is 6.54 Å². The number of amides is 2. The summed E-state index contributed by atoms with van der Waals surface area (Å²) in [7, 11) is 0. The van der Waals surface area contributed by atoms with Crippen LogP contribution < -0.4 is 10.6 Å². The molecule has 0 bridgehead atoms. The van der Waals surface area contributed by atoms with E-state index < -0.39 is 11.9 Å². The minimum Gasteiger partial charge on any atom is -0.468 e. The smallest absolute Gasteiger partial charge is 0.287 e. The predicted molar refractivity (Wildman–Crippen MR) is 102 cm³/mol. The summed E-state index contributed by atoms with van der Waals surface area (Å²) in [6.45, 7) is 9.99. The molecule has 2 heterocycles. The van der Waals surface area contributed by atoms with E-state index in [1.54, 1.807) is 18.4 Å². The second-order valence-corrected chi connectivity index (χ2v) is 6.67. The minimum absolute atomic E-state index is 0.0625. The highest BCUT2D eigenvalue weighted by molar-refractivity contribution is 5.95. The molecule has 0 aliphatic rings. The summed E-state index contributed by atoms with van der Waals surface area (Å²) in [5, 5.41) is 5.72. The summed E-state index contributed by atoms with van der Waals surface area (Å²) in [5.41, 5.74) is 0. The largest absolute Gasteiger partial charge is 0.468 e. The van der Waals surface area contributed by atoms with Gasteiger partial charge >= 0.3 is 0 Å². The lowest BCUT2D eigenvalue weighted by Gasteiger charge is -2.29. The third-order valence-corrected chi connectivity index (χ3v) is 4.58. The van der Waals surface area contributed by atoms with Gasteiger partial charge in [-0.25, -0.2) is 0 Å². The Morgan fingerprint density at radius 3 is 2.26 bits per heavy atom. The zero-order valence-electron chi connectivity index (χ0n) is 16.4. The first-order valence-corrected chi connectivity index (χ1v) is 9.37. The van der Waals surface area contributed by atoms with E-state index in [0.717, 1.165) is 18.8 Å². The number of hydrogen-bond donors (Lipinski definition) is 2. The molecular weight excluding hydrogens is 346 g/mol. The lowest BCUT2D eigenvalue weighted by molar-refractivity contribution is -0.124. The van der Waals surface area contributed by atoms with E-state index in [2.05, 4.69) is 29.4 Å².